The first-order valence-electron chi connectivity index (χ1n) is 12.5. The predicted octanol–water partition coefficient (Wildman–Crippen LogP) is 5.06. The Bertz CT molecular complexity index is 1180. The SMILES string of the molecule is CCCN1CC(Oc2cc(F)c([C@@H]3c4ccc5[nH]ncc5c4CN(C)[C@H]3CC3CC3)c(F)c2)C1. The molecule has 0 amide bonds. The quantitative estimate of drug-likeness (QED) is 0.529. The van der Waals surface area contributed by atoms with Gasteiger partial charge in [0.1, 0.15) is 23.5 Å². The molecule has 0 spiro atoms. The highest BCUT2D eigenvalue weighted by Gasteiger charge is 2.41. The first kappa shape index (κ1) is 22.0. The minimum absolute atomic E-state index is 0.00488. The van der Waals surface area contributed by atoms with Crippen LogP contribution in [0.3, 0.4) is 0 Å². The number of aromatic amines is 1. The molecule has 0 radical (unpaired) electrons. The molecule has 3 heterocycles. The molecule has 2 fully saturated rings. The highest BCUT2D eigenvalue weighted by Crippen LogP contribution is 2.47. The molecular weight excluding hydrogens is 434 g/mol. The van der Waals surface area contributed by atoms with E-state index in [1.165, 1.54) is 25.0 Å². The molecule has 34 heavy (non-hydrogen) atoms. The third-order valence-corrected chi connectivity index (χ3v) is 7.87. The third kappa shape index (κ3) is 3.89. The number of halogens is 2. The standard InChI is InChI=1S/C27H32F2N4O/c1-3-8-33-13-18(14-33)34-17-10-22(28)27(23(29)11-17)26-19-6-7-24-20(12-30-31-24)21(19)15-32(2)25(26)9-16-4-5-16/h6-7,10-12,16,18,25-26H,3-5,8-9,13-15H2,1-2H3,(H,30,31)/t25-,26+/m0/s1. The number of H-pyrrole nitrogens is 1. The Morgan fingerprint density at radius 1 is 1.15 bits per heavy atom. The lowest BCUT2D eigenvalue weighted by atomic mass is 9.76. The number of rotatable bonds is 7. The van der Waals surface area contributed by atoms with E-state index < -0.39 is 11.6 Å². The summed E-state index contributed by atoms with van der Waals surface area (Å²) in [5.41, 5.74) is 3.23. The van der Waals surface area contributed by atoms with Gasteiger partial charge in [-0.3, -0.25) is 14.9 Å². The largest absolute Gasteiger partial charge is 0.488 e. The van der Waals surface area contributed by atoms with E-state index in [4.69, 9.17) is 4.74 Å². The number of ether oxygens (including phenoxy) is 1. The molecule has 0 unspecified atom stereocenters. The smallest absolute Gasteiger partial charge is 0.133 e. The summed E-state index contributed by atoms with van der Waals surface area (Å²) in [5.74, 6) is -0.467. The van der Waals surface area contributed by atoms with Crippen molar-refractivity contribution < 1.29 is 13.5 Å². The number of fused-ring (bicyclic) bond motifs is 3. The minimum atomic E-state index is -0.515. The zero-order valence-electron chi connectivity index (χ0n) is 19.9. The molecule has 2 aliphatic heterocycles. The molecule has 2 atom stereocenters. The lowest BCUT2D eigenvalue weighted by Crippen LogP contribution is -2.53. The Kier molecular flexibility index (Phi) is 5.57. The number of hydrogen-bond acceptors (Lipinski definition) is 4. The molecule has 5 nitrogen and oxygen atoms in total. The van der Waals surface area contributed by atoms with E-state index in [0.717, 1.165) is 61.1 Å². The van der Waals surface area contributed by atoms with Crippen LogP contribution in [0.5, 0.6) is 5.75 Å². The Morgan fingerprint density at radius 2 is 1.91 bits per heavy atom. The second-order valence-electron chi connectivity index (χ2n) is 10.4. The van der Waals surface area contributed by atoms with Crippen LogP contribution in [0, 0.1) is 17.6 Å². The van der Waals surface area contributed by atoms with Crippen LogP contribution in [0.2, 0.25) is 0 Å². The summed E-state index contributed by atoms with van der Waals surface area (Å²) in [5, 5.41) is 8.26. The number of aromatic nitrogens is 2. The number of likely N-dealkylation sites (N-methyl/N-ethyl adjacent to an activating group) is 1. The maximum Gasteiger partial charge on any atom is 0.133 e. The van der Waals surface area contributed by atoms with E-state index >= 15 is 8.78 Å². The van der Waals surface area contributed by atoms with Crippen molar-refractivity contribution in [3.8, 4) is 5.75 Å². The third-order valence-electron chi connectivity index (χ3n) is 7.87. The van der Waals surface area contributed by atoms with Crippen molar-refractivity contribution in [2.24, 2.45) is 5.92 Å². The molecule has 180 valence electrons. The fourth-order valence-corrected chi connectivity index (χ4v) is 5.96. The summed E-state index contributed by atoms with van der Waals surface area (Å²) in [4.78, 5) is 4.57. The highest BCUT2D eigenvalue weighted by molar-refractivity contribution is 5.83. The first-order valence-corrected chi connectivity index (χ1v) is 12.5. The Hall–Kier alpha value is -2.51. The van der Waals surface area contributed by atoms with E-state index in [0.29, 0.717) is 5.92 Å². The van der Waals surface area contributed by atoms with Gasteiger partial charge in [-0.25, -0.2) is 8.78 Å². The van der Waals surface area contributed by atoms with E-state index in [1.807, 2.05) is 18.3 Å². The molecule has 3 aromatic rings. The van der Waals surface area contributed by atoms with Gasteiger partial charge in [-0.05, 0) is 49.5 Å². The molecule has 1 aliphatic carbocycles. The molecule has 3 aliphatic rings. The van der Waals surface area contributed by atoms with Gasteiger partial charge in [0.15, 0.2) is 0 Å². The van der Waals surface area contributed by atoms with Crippen molar-refractivity contribution >= 4 is 10.9 Å². The van der Waals surface area contributed by atoms with Crippen molar-refractivity contribution in [2.75, 3.05) is 26.7 Å². The average Bonchev–Trinajstić information content (AvgIpc) is 3.46. The van der Waals surface area contributed by atoms with Crippen LogP contribution in [0.25, 0.3) is 10.9 Å². The van der Waals surface area contributed by atoms with Crippen LogP contribution >= 0.6 is 0 Å². The summed E-state index contributed by atoms with van der Waals surface area (Å²) < 4.78 is 37.3. The summed E-state index contributed by atoms with van der Waals surface area (Å²) in [6.45, 7) is 5.54. The fourth-order valence-electron chi connectivity index (χ4n) is 5.96. The predicted molar refractivity (Wildman–Crippen MR) is 128 cm³/mol. The van der Waals surface area contributed by atoms with Gasteiger partial charge in [0.2, 0.25) is 0 Å². The maximum absolute atomic E-state index is 15.7. The number of hydrogen-bond donors (Lipinski definition) is 1. The normalized spacial score (nSPS) is 23.8. The summed E-state index contributed by atoms with van der Waals surface area (Å²) >= 11 is 0. The van der Waals surface area contributed by atoms with Crippen LogP contribution in [0.4, 0.5) is 8.78 Å². The molecule has 6 rings (SSSR count). The number of nitrogens with one attached hydrogen (secondary N) is 1. The number of nitrogens with zero attached hydrogens (tertiary/aromatic N) is 3. The number of benzene rings is 2. The van der Waals surface area contributed by atoms with Crippen LogP contribution < -0.4 is 4.74 Å². The van der Waals surface area contributed by atoms with Crippen molar-refractivity contribution in [2.45, 2.75) is 57.2 Å². The van der Waals surface area contributed by atoms with Crippen molar-refractivity contribution in [1.82, 2.24) is 20.0 Å². The zero-order valence-corrected chi connectivity index (χ0v) is 19.9. The molecule has 0 bridgehead atoms. The highest BCUT2D eigenvalue weighted by atomic mass is 19.1. The molecule has 1 N–H and O–H groups in total. The van der Waals surface area contributed by atoms with Gasteiger partial charge in [-0.1, -0.05) is 25.8 Å². The van der Waals surface area contributed by atoms with Crippen LogP contribution in [-0.2, 0) is 6.54 Å². The Labute approximate surface area is 199 Å². The molecule has 7 heteroatoms. The lowest BCUT2D eigenvalue weighted by molar-refractivity contribution is 0.0198. The van der Waals surface area contributed by atoms with Crippen LogP contribution in [0.15, 0.2) is 30.5 Å². The van der Waals surface area contributed by atoms with Crippen molar-refractivity contribution in [3.63, 3.8) is 0 Å². The van der Waals surface area contributed by atoms with Gasteiger partial charge in [0.05, 0.1) is 11.7 Å². The molecule has 1 saturated carbocycles. The van der Waals surface area contributed by atoms with E-state index in [2.05, 4.69) is 34.0 Å². The molecule has 2 aromatic carbocycles. The van der Waals surface area contributed by atoms with E-state index in [1.54, 1.807) is 0 Å². The lowest BCUT2D eigenvalue weighted by Gasteiger charge is -2.42. The summed E-state index contributed by atoms with van der Waals surface area (Å²) in [6, 6.07) is 6.85. The second-order valence-corrected chi connectivity index (χ2v) is 10.4. The van der Waals surface area contributed by atoms with E-state index in [-0.39, 0.29) is 29.4 Å². The van der Waals surface area contributed by atoms with Gasteiger partial charge < -0.3 is 4.74 Å². The second kappa shape index (κ2) is 8.61. The molecule has 1 aromatic heterocycles. The fraction of sp³-hybridized carbons (Fsp3) is 0.519. The van der Waals surface area contributed by atoms with E-state index in [9.17, 15) is 0 Å². The minimum Gasteiger partial charge on any atom is -0.488 e. The average molecular weight is 467 g/mol. The topological polar surface area (TPSA) is 44.4 Å². The molecule has 1 saturated heterocycles. The summed E-state index contributed by atoms with van der Waals surface area (Å²) in [6.07, 6.45) is 6.28. The van der Waals surface area contributed by atoms with Gasteiger partial charge in [-0.2, -0.15) is 5.10 Å². The Balaban J connectivity index is 1.36. The Morgan fingerprint density at radius 3 is 2.62 bits per heavy atom. The molecular formula is C27H32F2N4O. The monoisotopic (exact) mass is 466 g/mol. The van der Waals surface area contributed by atoms with Gasteiger partial charge in [0, 0.05) is 54.7 Å². The van der Waals surface area contributed by atoms with Gasteiger partial charge >= 0.3 is 0 Å². The zero-order chi connectivity index (χ0) is 23.4. The van der Waals surface area contributed by atoms with Gasteiger partial charge in [0.25, 0.3) is 0 Å². The van der Waals surface area contributed by atoms with Crippen molar-refractivity contribution in [1.29, 1.82) is 0 Å². The van der Waals surface area contributed by atoms with Gasteiger partial charge in [-0.15, -0.1) is 0 Å². The number of likely N-dealkylation sites (tertiary alicyclic amines) is 1. The van der Waals surface area contributed by atoms with Crippen LogP contribution in [0.1, 0.15) is 55.2 Å². The summed E-state index contributed by atoms with van der Waals surface area (Å²) in [7, 11) is 2.08. The first-order chi connectivity index (χ1) is 16.5. The van der Waals surface area contributed by atoms with Crippen LogP contribution in [-0.4, -0.2) is 58.8 Å². The maximum atomic E-state index is 15.7. The van der Waals surface area contributed by atoms with Crippen molar-refractivity contribution in [3.05, 3.63) is 58.8 Å².